The van der Waals surface area contributed by atoms with Crippen LogP contribution in [0.4, 0.5) is 5.69 Å². The first-order valence-corrected chi connectivity index (χ1v) is 9.27. The van der Waals surface area contributed by atoms with Crippen LogP contribution in [0, 0.1) is 6.92 Å². The van der Waals surface area contributed by atoms with Crippen LogP contribution in [0.1, 0.15) is 35.5 Å². The number of amides is 2. The number of morpholine rings is 1. The number of ether oxygens (including phenoxy) is 1. The largest absolute Gasteiger partial charge is 0.448 e. The summed E-state index contributed by atoms with van der Waals surface area (Å²) in [5.74, 6) is 0.404. The fraction of sp³-hybridized carbons (Fsp3) is 0.450. The van der Waals surface area contributed by atoms with E-state index < -0.39 is 5.60 Å². The highest BCUT2D eigenvalue weighted by atomic mass is 16.5. The maximum atomic E-state index is 12.7. The lowest BCUT2D eigenvalue weighted by Crippen LogP contribution is -2.55. The number of oxazole rings is 1. The van der Waals surface area contributed by atoms with Crippen LogP contribution in [0.5, 0.6) is 0 Å². The van der Waals surface area contributed by atoms with Gasteiger partial charge in [-0.2, -0.15) is 0 Å². The Hall–Kier alpha value is -2.67. The molecule has 2 aliphatic heterocycles. The minimum atomic E-state index is -0.419. The summed E-state index contributed by atoms with van der Waals surface area (Å²) in [7, 11) is 0. The van der Waals surface area contributed by atoms with Gasteiger partial charge in [-0.25, -0.2) is 4.98 Å². The zero-order valence-corrected chi connectivity index (χ0v) is 15.4. The second kappa shape index (κ2) is 7.15. The molecule has 7 heteroatoms. The average Bonchev–Trinajstić information content (AvgIpc) is 3.01. The van der Waals surface area contributed by atoms with Crippen LogP contribution in [0.25, 0.3) is 0 Å². The highest BCUT2D eigenvalue weighted by Gasteiger charge is 2.42. The number of carbonyl (C=O) groups excluding carboxylic acids is 2. The maximum Gasteiger partial charge on any atom is 0.276 e. The molecule has 4 rings (SSSR count). The maximum absolute atomic E-state index is 12.7. The van der Waals surface area contributed by atoms with Crippen molar-refractivity contribution >= 4 is 17.5 Å². The van der Waals surface area contributed by atoms with Gasteiger partial charge in [0.05, 0.1) is 12.1 Å². The van der Waals surface area contributed by atoms with Gasteiger partial charge in [0.2, 0.25) is 0 Å². The van der Waals surface area contributed by atoms with E-state index in [-0.39, 0.29) is 18.4 Å². The monoisotopic (exact) mass is 369 g/mol. The Labute approximate surface area is 157 Å². The molecule has 2 aromatic rings. The van der Waals surface area contributed by atoms with E-state index in [4.69, 9.17) is 9.15 Å². The number of para-hydroxylation sites is 1. The van der Waals surface area contributed by atoms with Gasteiger partial charge in [-0.15, -0.1) is 0 Å². The van der Waals surface area contributed by atoms with Gasteiger partial charge < -0.3 is 19.0 Å². The number of hydrogen-bond acceptors (Lipinski definition) is 5. The number of carbonyl (C=O) groups is 2. The van der Waals surface area contributed by atoms with Crippen molar-refractivity contribution in [2.24, 2.45) is 0 Å². The summed E-state index contributed by atoms with van der Waals surface area (Å²) in [6.07, 6.45) is 3.62. The fourth-order valence-corrected chi connectivity index (χ4v) is 3.89. The zero-order valence-electron chi connectivity index (χ0n) is 15.4. The van der Waals surface area contributed by atoms with E-state index in [2.05, 4.69) is 4.98 Å². The summed E-state index contributed by atoms with van der Waals surface area (Å²) in [6.45, 7) is 3.55. The molecule has 1 unspecified atom stereocenters. The van der Waals surface area contributed by atoms with Gasteiger partial charge in [-0.3, -0.25) is 9.59 Å². The van der Waals surface area contributed by atoms with E-state index >= 15 is 0 Å². The predicted molar refractivity (Wildman–Crippen MR) is 98.5 cm³/mol. The van der Waals surface area contributed by atoms with Crippen LogP contribution in [-0.4, -0.2) is 53.5 Å². The molecule has 2 fully saturated rings. The minimum absolute atomic E-state index is 0.0257. The van der Waals surface area contributed by atoms with Gasteiger partial charge in [0.1, 0.15) is 12.4 Å². The van der Waals surface area contributed by atoms with Crippen molar-refractivity contribution in [3.63, 3.8) is 0 Å². The topological polar surface area (TPSA) is 75.9 Å². The molecule has 0 aliphatic carbocycles. The fourth-order valence-electron chi connectivity index (χ4n) is 3.89. The molecule has 0 saturated carbocycles. The first kappa shape index (κ1) is 17.7. The zero-order chi connectivity index (χ0) is 18.9. The van der Waals surface area contributed by atoms with Crippen LogP contribution in [-0.2, 0) is 9.53 Å². The van der Waals surface area contributed by atoms with Crippen molar-refractivity contribution in [1.29, 1.82) is 0 Å². The third kappa shape index (κ3) is 3.47. The van der Waals surface area contributed by atoms with Gasteiger partial charge >= 0.3 is 0 Å². The van der Waals surface area contributed by atoms with E-state index in [1.54, 1.807) is 6.92 Å². The van der Waals surface area contributed by atoms with Crippen LogP contribution >= 0.6 is 0 Å². The summed E-state index contributed by atoms with van der Waals surface area (Å²) in [6, 6.07) is 9.68. The summed E-state index contributed by atoms with van der Waals surface area (Å²) >= 11 is 0. The minimum Gasteiger partial charge on any atom is -0.448 e. The van der Waals surface area contributed by atoms with Gasteiger partial charge in [0.15, 0.2) is 12.1 Å². The van der Waals surface area contributed by atoms with Crippen molar-refractivity contribution < 1.29 is 18.7 Å². The summed E-state index contributed by atoms with van der Waals surface area (Å²) < 4.78 is 11.2. The highest BCUT2D eigenvalue weighted by Crippen LogP contribution is 2.33. The van der Waals surface area contributed by atoms with Crippen molar-refractivity contribution in [3.05, 3.63) is 48.2 Å². The lowest BCUT2D eigenvalue weighted by molar-refractivity contribution is -0.140. The number of hydrogen-bond donors (Lipinski definition) is 0. The van der Waals surface area contributed by atoms with E-state index in [1.807, 2.05) is 40.1 Å². The van der Waals surface area contributed by atoms with Gasteiger partial charge in [0.25, 0.3) is 11.8 Å². The first-order chi connectivity index (χ1) is 13.1. The second-order valence-electron chi connectivity index (χ2n) is 7.19. The van der Waals surface area contributed by atoms with E-state index in [1.165, 1.54) is 6.39 Å². The molecule has 27 heavy (non-hydrogen) atoms. The molecule has 2 saturated heterocycles. The molecule has 0 bridgehead atoms. The standard InChI is InChI=1S/C20H23N3O4/c1-15-18(21-14-26-15)19(25)22-10-5-8-20(9-11-22)13-23(17(24)12-27-20)16-6-3-2-4-7-16/h2-4,6-7,14H,5,8-13H2,1H3. The van der Waals surface area contributed by atoms with Crippen molar-refractivity contribution in [2.45, 2.75) is 31.8 Å². The summed E-state index contributed by atoms with van der Waals surface area (Å²) in [5.41, 5.74) is 0.842. The number of nitrogens with zero attached hydrogens (tertiary/aromatic N) is 3. The lowest BCUT2D eigenvalue weighted by atomic mass is 9.92. The Morgan fingerprint density at radius 2 is 2.00 bits per heavy atom. The lowest BCUT2D eigenvalue weighted by Gasteiger charge is -2.42. The third-order valence-electron chi connectivity index (χ3n) is 5.45. The van der Waals surface area contributed by atoms with E-state index in [0.717, 1.165) is 18.5 Å². The van der Waals surface area contributed by atoms with Crippen LogP contribution in [0.2, 0.25) is 0 Å². The Morgan fingerprint density at radius 1 is 1.19 bits per heavy atom. The van der Waals surface area contributed by atoms with Crippen LogP contribution < -0.4 is 4.90 Å². The highest BCUT2D eigenvalue weighted by molar-refractivity contribution is 5.95. The number of anilines is 1. The van der Waals surface area contributed by atoms with Crippen molar-refractivity contribution in [3.8, 4) is 0 Å². The van der Waals surface area contributed by atoms with Gasteiger partial charge in [0, 0.05) is 18.8 Å². The number of aromatic nitrogens is 1. The number of likely N-dealkylation sites (tertiary alicyclic amines) is 1. The SMILES string of the molecule is Cc1ocnc1C(=O)N1CCCC2(CC1)CN(c1ccccc1)C(=O)CO2. The second-order valence-corrected chi connectivity index (χ2v) is 7.19. The third-order valence-corrected chi connectivity index (χ3v) is 5.45. The first-order valence-electron chi connectivity index (χ1n) is 9.27. The number of aryl methyl sites for hydroxylation is 1. The molecule has 0 radical (unpaired) electrons. The molecule has 142 valence electrons. The molecular formula is C20H23N3O4. The Morgan fingerprint density at radius 3 is 2.74 bits per heavy atom. The smallest absolute Gasteiger partial charge is 0.276 e. The molecule has 7 nitrogen and oxygen atoms in total. The molecular weight excluding hydrogens is 346 g/mol. The summed E-state index contributed by atoms with van der Waals surface area (Å²) in [4.78, 5) is 32.8. The molecule has 1 aromatic carbocycles. The number of benzene rings is 1. The van der Waals surface area contributed by atoms with Gasteiger partial charge in [-0.05, 0) is 38.3 Å². The van der Waals surface area contributed by atoms with Crippen molar-refractivity contribution in [2.75, 3.05) is 31.1 Å². The van der Waals surface area contributed by atoms with Crippen LogP contribution in [0.3, 0.4) is 0 Å². The number of rotatable bonds is 2. The van der Waals surface area contributed by atoms with Crippen LogP contribution in [0.15, 0.2) is 41.1 Å². The molecule has 2 amide bonds. The van der Waals surface area contributed by atoms with Crippen molar-refractivity contribution in [1.82, 2.24) is 9.88 Å². The normalized spacial score (nSPS) is 23.5. The Balaban J connectivity index is 1.49. The van der Waals surface area contributed by atoms with E-state index in [9.17, 15) is 9.59 Å². The molecule has 2 aliphatic rings. The molecule has 1 atom stereocenters. The summed E-state index contributed by atoms with van der Waals surface area (Å²) in [5, 5.41) is 0. The predicted octanol–water partition coefficient (Wildman–Crippen LogP) is 2.41. The molecule has 1 spiro atoms. The van der Waals surface area contributed by atoms with E-state index in [0.29, 0.717) is 37.5 Å². The van der Waals surface area contributed by atoms with Gasteiger partial charge in [-0.1, -0.05) is 18.2 Å². The average molecular weight is 369 g/mol. The molecule has 3 heterocycles. The Bertz CT molecular complexity index is 835. The molecule has 1 aromatic heterocycles. The Kier molecular flexibility index (Phi) is 4.70. The quantitative estimate of drug-likeness (QED) is 0.813. The molecule has 0 N–H and O–H groups in total.